The summed E-state index contributed by atoms with van der Waals surface area (Å²) in [5, 5.41) is 3.03. The first-order valence-electron chi connectivity index (χ1n) is 5.49. The van der Waals surface area contributed by atoms with E-state index in [1.807, 2.05) is 12.1 Å². The molecule has 0 aliphatic rings. The first-order chi connectivity index (χ1) is 9.11. The van der Waals surface area contributed by atoms with Gasteiger partial charge in [0.25, 0.3) is 0 Å². The van der Waals surface area contributed by atoms with Gasteiger partial charge < -0.3 is 10.1 Å². The lowest BCUT2D eigenvalue weighted by atomic mass is 10.3. The minimum Gasteiger partial charge on any atom is -0.495 e. The quantitative estimate of drug-likeness (QED) is 0.908. The summed E-state index contributed by atoms with van der Waals surface area (Å²) in [6, 6.07) is 5.44. The number of hydrogen-bond acceptors (Lipinski definition) is 3. The molecule has 1 aromatic heterocycles. The number of ether oxygens (including phenoxy) is 1. The number of nitrogens with zero attached hydrogens (tertiary/aromatic N) is 2. The highest BCUT2D eigenvalue weighted by Crippen LogP contribution is 2.28. The third kappa shape index (κ3) is 3.23. The number of rotatable bonds is 5. The van der Waals surface area contributed by atoms with Crippen molar-refractivity contribution in [2.24, 2.45) is 0 Å². The van der Waals surface area contributed by atoms with Crippen molar-refractivity contribution in [2.45, 2.75) is 13.1 Å². The summed E-state index contributed by atoms with van der Waals surface area (Å²) in [5.74, 6) is 0.899. The van der Waals surface area contributed by atoms with E-state index in [0.717, 1.165) is 9.04 Å². The number of halogens is 3. The Morgan fingerprint density at radius 1 is 1.47 bits per heavy atom. The highest BCUT2D eigenvalue weighted by molar-refractivity contribution is 9.10. The number of anilines is 1. The average molecular weight is 332 g/mol. The Labute approximate surface area is 117 Å². The topological polar surface area (TPSA) is 39.1 Å². The first-order valence-corrected chi connectivity index (χ1v) is 6.28. The minimum absolute atomic E-state index is 0.185. The van der Waals surface area contributed by atoms with Crippen molar-refractivity contribution in [2.75, 3.05) is 12.4 Å². The number of imidazole rings is 1. The van der Waals surface area contributed by atoms with Crippen LogP contribution >= 0.6 is 15.9 Å². The van der Waals surface area contributed by atoms with E-state index >= 15 is 0 Å². The highest BCUT2D eigenvalue weighted by atomic mass is 79.9. The van der Waals surface area contributed by atoms with Crippen LogP contribution in [0.2, 0.25) is 0 Å². The molecule has 0 saturated carbocycles. The molecule has 0 aliphatic heterocycles. The van der Waals surface area contributed by atoms with E-state index in [9.17, 15) is 8.78 Å². The van der Waals surface area contributed by atoms with Gasteiger partial charge in [-0.25, -0.2) is 4.98 Å². The second kappa shape index (κ2) is 6.01. The number of alkyl halides is 2. The van der Waals surface area contributed by atoms with Gasteiger partial charge in [-0.05, 0) is 18.2 Å². The molecule has 0 bridgehead atoms. The zero-order valence-electron chi connectivity index (χ0n) is 10.1. The van der Waals surface area contributed by atoms with E-state index in [0.29, 0.717) is 11.4 Å². The van der Waals surface area contributed by atoms with E-state index in [1.54, 1.807) is 13.2 Å². The van der Waals surface area contributed by atoms with Crippen LogP contribution in [0.1, 0.15) is 12.4 Å². The Bertz CT molecular complexity index is 560. The zero-order chi connectivity index (χ0) is 13.8. The molecule has 2 aromatic rings. The lowest BCUT2D eigenvalue weighted by Gasteiger charge is -2.12. The summed E-state index contributed by atoms with van der Waals surface area (Å²) in [7, 11) is 1.55. The molecule has 0 saturated heterocycles. The van der Waals surface area contributed by atoms with Crippen molar-refractivity contribution in [3.05, 3.63) is 40.9 Å². The van der Waals surface area contributed by atoms with E-state index in [-0.39, 0.29) is 12.4 Å². The first kappa shape index (κ1) is 13.8. The number of hydrogen-bond donors (Lipinski definition) is 1. The summed E-state index contributed by atoms with van der Waals surface area (Å²) in [5.41, 5.74) is 0.709. The molecule has 7 heteroatoms. The molecular formula is C12H12BrF2N3O. The fourth-order valence-electron chi connectivity index (χ4n) is 1.65. The Balaban J connectivity index is 2.14. The van der Waals surface area contributed by atoms with Crippen molar-refractivity contribution >= 4 is 21.6 Å². The molecule has 102 valence electrons. The Morgan fingerprint density at radius 3 is 2.95 bits per heavy atom. The number of methoxy groups -OCH3 is 1. The van der Waals surface area contributed by atoms with E-state index in [1.165, 1.54) is 12.4 Å². The third-order valence-electron chi connectivity index (χ3n) is 2.56. The van der Waals surface area contributed by atoms with Crippen molar-refractivity contribution in [1.29, 1.82) is 0 Å². The zero-order valence-corrected chi connectivity index (χ0v) is 11.7. The lowest BCUT2D eigenvalue weighted by molar-refractivity contribution is 0.0673. The lowest BCUT2D eigenvalue weighted by Crippen LogP contribution is -2.09. The third-order valence-corrected chi connectivity index (χ3v) is 3.05. The maximum Gasteiger partial charge on any atom is 0.319 e. The van der Waals surface area contributed by atoms with Crippen LogP contribution in [-0.2, 0) is 6.54 Å². The van der Waals surface area contributed by atoms with Crippen LogP contribution in [0.5, 0.6) is 5.75 Å². The van der Waals surface area contributed by atoms with Crippen LogP contribution in [-0.4, -0.2) is 16.7 Å². The summed E-state index contributed by atoms with van der Waals surface area (Å²) < 4.78 is 32.2. The van der Waals surface area contributed by atoms with Crippen LogP contribution in [0.25, 0.3) is 0 Å². The predicted molar refractivity (Wildman–Crippen MR) is 71.5 cm³/mol. The molecule has 0 atom stereocenters. The van der Waals surface area contributed by atoms with E-state index in [2.05, 4.69) is 26.2 Å². The van der Waals surface area contributed by atoms with Gasteiger partial charge in [-0.1, -0.05) is 15.9 Å². The monoisotopic (exact) mass is 331 g/mol. The summed E-state index contributed by atoms with van der Waals surface area (Å²) in [4.78, 5) is 3.90. The van der Waals surface area contributed by atoms with Gasteiger partial charge in [0.05, 0.1) is 19.3 Å². The van der Waals surface area contributed by atoms with Crippen molar-refractivity contribution < 1.29 is 13.5 Å². The molecule has 1 aromatic carbocycles. The molecule has 0 radical (unpaired) electrons. The standard InChI is InChI=1S/C12H12BrF2N3O/c1-19-10-3-2-8(13)6-9(10)17-7-11-16-4-5-18(11)12(14)15/h2-6,12,17H,7H2,1H3. The van der Waals surface area contributed by atoms with Gasteiger partial charge in [-0.15, -0.1) is 0 Å². The van der Waals surface area contributed by atoms with E-state index in [4.69, 9.17) is 4.74 Å². The number of nitrogens with one attached hydrogen (secondary N) is 1. The summed E-state index contributed by atoms with van der Waals surface area (Å²) in [6.45, 7) is -2.41. The van der Waals surface area contributed by atoms with Crippen LogP contribution in [0, 0.1) is 0 Å². The minimum atomic E-state index is -2.59. The molecule has 1 heterocycles. The van der Waals surface area contributed by atoms with Crippen LogP contribution < -0.4 is 10.1 Å². The van der Waals surface area contributed by atoms with Crippen molar-refractivity contribution in [3.8, 4) is 5.75 Å². The smallest absolute Gasteiger partial charge is 0.319 e. The van der Waals surface area contributed by atoms with Gasteiger partial charge in [0, 0.05) is 16.9 Å². The van der Waals surface area contributed by atoms with Crippen LogP contribution in [0.15, 0.2) is 35.1 Å². The average Bonchev–Trinajstić information content (AvgIpc) is 2.85. The van der Waals surface area contributed by atoms with Gasteiger partial charge in [0.1, 0.15) is 11.6 Å². The SMILES string of the molecule is COc1ccc(Br)cc1NCc1nccn1C(F)F. The van der Waals surface area contributed by atoms with Crippen molar-refractivity contribution in [3.63, 3.8) is 0 Å². The van der Waals surface area contributed by atoms with Gasteiger partial charge in [-0.3, -0.25) is 4.57 Å². The molecule has 0 spiro atoms. The van der Waals surface area contributed by atoms with Gasteiger partial charge >= 0.3 is 6.55 Å². The summed E-state index contributed by atoms with van der Waals surface area (Å²) in [6.07, 6.45) is 2.60. The molecular weight excluding hydrogens is 320 g/mol. The van der Waals surface area contributed by atoms with Crippen molar-refractivity contribution in [1.82, 2.24) is 9.55 Å². The Hall–Kier alpha value is -1.63. The molecule has 0 unspecified atom stereocenters. The van der Waals surface area contributed by atoms with Crippen LogP contribution in [0.4, 0.5) is 14.5 Å². The molecule has 19 heavy (non-hydrogen) atoms. The molecule has 2 rings (SSSR count). The largest absolute Gasteiger partial charge is 0.495 e. The molecule has 4 nitrogen and oxygen atoms in total. The summed E-state index contributed by atoms with van der Waals surface area (Å²) >= 11 is 3.35. The Kier molecular flexibility index (Phi) is 4.36. The predicted octanol–water partition coefficient (Wildman–Crippen LogP) is 3.66. The van der Waals surface area contributed by atoms with E-state index < -0.39 is 6.55 Å². The second-order valence-electron chi connectivity index (χ2n) is 3.73. The molecule has 0 amide bonds. The molecule has 0 aliphatic carbocycles. The maximum absolute atomic E-state index is 12.7. The highest BCUT2D eigenvalue weighted by Gasteiger charge is 2.11. The number of benzene rings is 1. The van der Waals surface area contributed by atoms with Gasteiger partial charge in [-0.2, -0.15) is 8.78 Å². The number of aromatic nitrogens is 2. The Morgan fingerprint density at radius 2 is 2.26 bits per heavy atom. The normalized spacial score (nSPS) is 10.8. The van der Waals surface area contributed by atoms with Gasteiger partial charge in [0.2, 0.25) is 0 Å². The van der Waals surface area contributed by atoms with Gasteiger partial charge in [0.15, 0.2) is 0 Å². The second-order valence-corrected chi connectivity index (χ2v) is 4.64. The fraction of sp³-hybridized carbons (Fsp3) is 0.250. The molecule has 0 fully saturated rings. The maximum atomic E-state index is 12.7. The fourth-order valence-corrected chi connectivity index (χ4v) is 2.01. The molecule has 1 N–H and O–H groups in total. The van der Waals surface area contributed by atoms with Crippen LogP contribution in [0.3, 0.4) is 0 Å².